The maximum atomic E-state index is 13.9. The van der Waals surface area contributed by atoms with Crippen molar-refractivity contribution >= 4 is 9.84 Å². The van der Waals surface area contributed by atoms with Gasteiger partial charge < -0.3 is 26.8 Å². The lowest BCUT2D eigenvalue weighted by Gasteiger charge is -2.42. The highest BCUT2D eigenvalue weighted by atomic mass is 79.9. The first kappa shape index (κ1) is 40.3. The fourth-order valence-corrected chi connectivity index (χ4v) is 3.67. The Morgan fingerprint density at radius 3 is 1.23 bits per heavy atom. The number of hydrogen-bond donors (Lipinski definition) is 1. The summed E-state index contributed by atoms with van der Waals surface area (Å²) in [6, 6.07) is 0. The van der Waals surface area contributed by atoms with E-state index in [1.165, 1.54) is 0 Å². The average molecular weight is 707 g/mol. The average Bonchev–Trinajstić information content (AvgIpc) is 2.67. The highest BCUT2D eigenvalue weighted by Crippen LogP contribution is 2.64. The van der Waals surface area contributed by atoms with Gasteiger partial charge in [0, 0.05) is 19.5 Å². The SMILES string of the molecule is C[N+](C)(C)CCCNCCS(=O)(=O)C(F)(F)C(F)(F)C(F)(F)C(F)(F)C(F)(F)C(F)(F)C(F)(F)C(F)(F)F.[Br-]. The van der Waals surface area contributed by atoms with Crippen molar-refractivity contribution in [2.24, 2.45) is 0 Å². The van der Waals surface area contributed by atoms with Crippen LogP contribution in [0.25, 0.3) is 0 Å². The molecular weight excluding hydrogens is 687 g/mol. The molecule has 0 heterocycles. The number of alkyl halides is 17. The Hall–Kier alpha value is -0.840. The molecule has 0 saturated carbocycles. The van der Waals surface area contributed by atoms with Gasteiger partial charge in [0.15, 0.2) is 0 Å². The molecule has 39 heavy (non-hydrogen) atoms. The Kier molecular flexibility index (Phi) is 11.8. The highest BCUT2D eigenvalue weighted by Gasteiger charge is 2.96. The molecule has 0 fully saturated rings. The molecule has 23 heteroatoms. The van der Waals surface area contributed by atoms with Crippen molar-refractivity contribution < 1.29 is 105 Å². The van der Waals surface area contributed by atoms with Crippen molar-refractivity contribution in [3.05, 3.63) is 0 Å². The summed E-state index contributed by atoms with van der Waals surface area (Å²) >= 11 is 0. The Morgan fingerprint density at radius 1 is 0.564 bits per heavy atom. The predicted octanol–water partition coefficient (Wildman–Crippen LogP) is 2.06. The number of nitrogens with zero attached hydrogens (tertiary/aromatic N) is 1. The number of rotatable bonds is 14. The second-order valence-corrected chi connectivity index (χ2v) is 11.0. The molecule has 4 nitrogen and oxygen atoms in total. The topological polar surface area (TPSA) is 46.2 Å². The summed E-state index contributed by atoms with van der Waals surface area (Å²) in [5.74, 6) is -53.7. The first-order valence-corrected chi connectivity index (χ1v) is 11.3. The van der Waals surface area contributed by atoms with Gasteiger partial charge in [0.1, 0.15) is 0 Å². The van der Waals surface area contributed by atoms with E-state index in [1.54, 1.807) is 21.1 Å². The van der Waals surface area contributed by atoms with Crippen LogP contribution in [0.2, 0.25) is 0 Å². The summed E-state index contributed by atoms with van der Waals surface area (Å²) in [6.07, 6.45) is -7.67. The summed E-state index contributed by atoms with van der Waals surface area (Å²) in [4.78, 5) is 0. The lowest BCUT2D eigenvalue weighted by atomic mass is 9.91. The van der Waals surface area contributed by atoms with E-state index in [4.69, 9.17) is 0 Å². The summed E-state index contributed by atoms with van der Waals surface area (Å²) in [5, 5.41) is -5.38. The fraction of sp³-hybridized carbons (Fsp3) is 1.00. The zero-order chi connectivity index (χ0) is 31.2. The van der Waals surface area contributed by atoms with Crippen LogP contribution in [-0.4, -0.2) is 106 Å². The van der Waals surface area contributed by atoms with Crippen LogP contribution < -0.4 is 22.3 Å². The van der Waals surface area contributed by atoms with Gasteiger partial charge in [0.05, 0.1) is 33.4 Å². The zero-order valence-electron chi connectivity index (χ0n) is 19.5. The van der Waals surface area contributed by atoms with E-state index in [-0.39, 0.29) is 29.9 Å². The van der Waals surface area contributed by atoms with Gasteiger partial charge in [-0.05, 0) is 0 Å². The van der Waals surface area contributed by atoms with Gasteiger partial charge in [-0.1, -0.05) is 0 Å². The molecule has 0 radical (unpaired) electrons. The van der Waals surface area contributed by atoms with Gasteiger partial charge in [-0.3, -0.25) is 0 Å². The summed E-state index contributed by atoms with van der Waals surface area (Å²) in [5.41, 5.74) is 0. The molecule has 0 amide bonds. The fourth-order valence-electron chi connectivity index (χ4n) is 2.48. The molecule has 0 aliphatic heterocycles. The largest absolute Gasteiger partial charge is 1.00 e. The standard InChI is InChI=1S/C16H20F17N2O2S.BrH/c1-35(2,3)7-4-5-34-6-8-38(36,37)16(32,33)14(27,28)12(23,24)10(19,20)9(17,18)11(21,22)13(25,26)15(29,30)31;/h34H,4-8H2,1-3H3;1H/q+1;/p-1. The molecule has 0 rings (SSSR count). The minimum Gasteiger partial charge on any atom is -1.00 e. The van der Waals surface area contributed by atoms with Crippen molar-refractivity contribution in [2.45, 2.75) is 53.4 Å². The van der Waals surface area contributed by atoms with Crippen molar-refractivity contribution in [1.29, 1.82) is 0 Å². The van der Waals surface area contributed by atoms with Crippen LogP contribution in [0.15, 0.2) is 0 Å². The van der Waals surface area contributed by atoms with E-state index in [9.17, 15) is 83.1 Å². The second kappa shape index (κ2) is 11.4. The molecule has 0 aromatic heterocycles. The van der Waals surface area contributed by atoms with Crippen LogP contribution in [0.4, 0.5) is 74.6 Å². The molecule has 0 spiro atoms. The van der Waals surface area contributed by atoms with Crippen LogP contribution in [-0.2, 0) is 9.84 Å². The predicted molar refractivity (Wildman–Crippen MR) is 94.9 cm³/mol. The lowest BCUT2D eigenvalue weighted by Crippen LogP contribution is -3.00. The Morgan fingerprint density at radius 2 is 0.897 bits per heavy atom. The van der Waals surface area contributed by atoms with Gasteiger partial charge in [0.2, 0.25) is 9.84 Å². The van der Waals surface area contributed by atoms with Crippen LogP contribution in [0.1, 0.15) is 6.42 Å². The first-order chi connectivity index (χ1) is 16.2. The number of halogens is 18. The van der Waals surface area contributed by atoms with E-state index in [0.717, 1.165) is 0 Å². The number of sulfone groups is 1. The van der Waals surface area contributed by atoms with Crippen LogP contribution in [0, 0.1) is 0 Å². The Labute approximate surface area is 220 Å². The number of quaternary nitrogens is 1. The van der Waals surface area contributed by atoms with Gasteiger partial charge in [-0.2, -0.15) is 74.6 Å². The monoisotopic (exact) mass is 706 g/mol. The maximum Gasteiger partial charge on any atom is 0.460 e. The molecule has 0 aliphatic carbocycles. The maximum absolute atomic E-state index is 13.9. The molecule has 238 valence electrons. The van der Waals surface area contributed by atoms with Crippen LogP contribution in [0.3, 0.4) is 0 Å². The van der Waals surface area contributed by atoms with Crippen LogP contribution in [0.5, 0.6) is 0 Å². The van der Waals surface area contributed by atoms with E-state index < -0.39 is 69.1 Å². The van der Waals surface area contributed by atoms with Crippen LogP contribution >= 0.6 is 0 Å². The molecule has 0 aliphatic rings. The number of hydrogen-bond acceptors (Lipinski definition) is 3. The van der Waals surface area contributed by atoms with E-state index in [1.807, 2.05) is 0 Å². The van der Waals surface area contributed by atoms with E-state index in [0.29, 0.717) is 11.0 Å². The zero-order valence-corrected chi connectivity index (χ0v) is 21.9. The van der Waals surface area contributed by atoms with E-state index >= 15 is 0 Å². The molecular formula is C16H20BrF17N2O2S. The molecule has 0 saturated heterocycles. The van der Waals surface area contributed by atoms with Crippen molar-refractivity contribution in [3.8, 4) is 0 Å². The third-order valence-electron chi connectivity index (χ3n) is 4.81. The summed E-state index contributed by atoms with van der Waals surface area (Å²) in [6.45, 7) is -1.07. The highest BCUT2D eigenvalue weighted by molar-refractivity contribution is 7.92. The molecule has 0 unspecified atom stereocenters. The van der Waals surface area contributed by atoms with E-state index in [2.05, 4.69) is 5.32 Å². The summed E-state index contributed by atoms with van der Waals surface area (Å²) < 4.78 is 248. The minimum atomic E-state index is -8.82. The molecule has 0 atom stereocenters. The third kappa shape index (κ3) is 6.81. The molecule has 0 aromatic carbocycles. The quantitative estimate of drug-likeness (QED) is 0.171. The smallest absolute Gasteiger partial charge is 0.460 e. The van der Waals surface area contributed by atoms with Crippen molar-refractivity contribution in [3.63, 3.8) is 0 Å². The van der Waals surface area contributed by atoms with Gasteiger partial charge in [0.25, 0.3) is 0 Å². The number of nitrogens with one attached hydrogen (secondary N) is 1. The third-order valence-corrected chi connectivity index (χ3v) is 6.59. The van der Waals surface area contributed by atoms with Gasteiger partial charge in [-0.15, -0.1) is 0 Å². The normalized spacial score (nSPS) is 15.8. The second-order valence-electron chi connectivity index (χ2n) is 8.90. The lowest BCUT2D eigenvalue weighted by molar-refractivity contribution is -0.870. The minimum absolute atomic E-state index is 0. The Balaban J connectivity index is 0. The molecule has 1 N–H and O–H groups in total. The van der Waals surface area contributed by atoms with Gasteiger partial charge >= 0.3 is 47.0 Å². The summed E-state index contributed by atoms with van der Waals surface area (Å²) in [7, 11) is -2.01. The van der Waals surface area contributed by atoms with Crippen molar-refractivity contribution in [1.82, 2.24) is 5.32 Å². The van der Waals surface area contributed by atoms with Gasteiger partial charge in [-0.25, -0.2) is 8.42 Å². The van der Waals surface area contributed by atoms with Crippen molar-refractivity contribution in [2.75, 3.05) is 46.5 Å². The molecule has 0 aromatic rings. The first-order valence-electron chi connectivity index (χ1n) is 9.65. The Bertz CT molecular complexity index is 930. The molecule has 0 bridgehead atoms.